The second-order valence-electron chi connectivity index (χ2n) is 2.86. The maximum absolute atomic E-state index is 2.29. The molecule has 0 saturated heterocycles. The fraction of sp³-hybridized carbons (Fsp3) is 1.00. The predicted octanol–water partition coefficient (Wildman–Crippen LogP) is -2.11. The zero-order valence-electron chi connectivity index (χ0n) is 6.98. The Kier molecular flexibility index (Phi) is 7.18. The molecule has 0 spiro atoms. The average Bonchev–Trinajstić information content (AvgIpc) is 1.80. The first kappa shape index (κ1) is 9.61. The Morgan fingerprint density at radius 1 is 1.44 bits per heavy atom. The van der Waals surface area contributed by atoms with Crippen LogP contribution in [0.4, 0.5) is 0 Å². The smallest absolute Gasteiger partial charge is 0.00466 e. The summed E-state index contributed by atoms with van der Waals surface area (Å²) in [4.78, 5) is 2.29. The predicted molar refractivity (Wildman–Crippen MR) is 55.0 cm³/mol. The van der Waals surface area contributed by atoms with E-state index in [9.17, 15) is 0 Å². The Balaban J connectivity index is 2.75. The molecule has 0 rings (SSSR count). The van der Waals surface area contributed by atoms with E-state index in [1.807, 2.05) is 0 Å². The molecular formula is C5H19NSi3. The van der Waals surface area contributed by atoms with Crippen molar-refractivity contribution in [3.8, 4) is 0 Å². The van der Waals surface area contributed by atoms with Crippen LogP contribution in [0.1, 0.15) is 6.42 Å². The minimum Gasteiger partial charge on any atom is -0.309 e. The van der Waals surface area contributed by atoms with E-state index in [2.05, 4.69) is 19.0 Å². The number of nitrogens with zero attached hydrogens (tertiary/aromatic N) is 1. The van der Waals surface area contributed by atoms with E-state index in [-0.39, 0.29) is 0 Å². The van der Waals surface area contributed by atoms with Crippen molar-refractivity contribution in [2.75, 3.05) is 20.6 Å². The Hall–Kier alpha value is 0.611. The maximum atomic E-state index is 2.29. The molecule has 0 aliphatic heterocycles. The summed E-state index contributed by atoms with van der Waals surface area (Å²) in [5, 5.41) is 0. The van der Waals surface area contributed by atoms with Crippen molar-refractivity contribution in [3.63, 3.8) is 0 Å². The molecule has 1 nitrogen and oxygen atoms in total. The first-order valence-corrected chi connectivity index (χ1v) is 14.6. The van der Waals surface area contributed by atoms with Crippen LogP contribution in [0.25, 0.3) is 0 Å². The molecule has 0 aliphatic rings. The van der Waals surface area contributed by atoms with Crippen LogP contribution in [-0.2, 0) is 0 Å². The zero-order chi connectivity index (χ0) is 7.11. The van der Waals surface area contributed by atoms with E-state index < -0.39 is 0 Å². The first-order chi connectivity index (χ1) is 4.27. The molecule has 9 heavy (non-hydrogen) atoms. The monoisotopic (exact) mass is 177 g/mol. The lowest BCUT2D eigenvalue weighted by Gasteiger charge is -2.07. The first-order valence-electron chi connectivity index (χ1n) is 3.92. The van der Waals surface area contributed by atoms with E-state index >= 15 is 0 Å². The van der Waals surface area contributed by atoms with Crippen LogP contribution in [0.15, 0.2) is 0 Å². The molecule has 0 radical (unpaired) electrons. The number of rotatable bonds is 5. The van der Waals surface area contributed by atoms with Crippen LogP contribution in [-0.4, -0.2) is 52.9 Å². The highest BCUT2D eigenvalue weighted by Gasteiger charge is 1.89. The van der Waals surface area contributed by atoms with Crippen LogP contribution in [0.5, 0.6) is 0 Å². The summed E-state index contributed by atoms with van der Waals surface area (Å²) in [7, 11) is 7.10. The van der Waals surface area contributed by atoms with Crippen LogP contribution in [0, 0.1) is 0 Å². The second-order valence-corrected chi connectivity index (χ2v) is 19.4. The van der Waals surface area contributed by atoms with Gasteiger partial charge in [0.15, 0.2) is 0 Å². The summed E-state index contributed by atoms with van der Waals surface area (Å²) in [6, 6.07) is 1.63. The highest BCUT2D eigenvalue weighted by atomic mass is 29.5. The quantitative estimate of drug-likeness (QED) is 0.343. The maximum Gasteiger partial charge on any atom is 0.00466 e. The van der Waals surface area contributed by atoms with Crippen LogP contribution < -0.4 is 0 Å². The molecule has 0 bridgehead atoms. The molecule has 0 saturated carbocycles. The molecule has 0 unspecified atom stereocenters. The summed E-state index contributed by atoms with van der Waals surface area (Å²) in [6.45, 7) is 1.32. The van der Waals surface area contributed by atoms with Gasteiger partial charge in [-0.1, -0.05) is 6.04 Å². The van der Waals surface area contributed by atoms with E-state index in [4.69, 9.17) is 0 Å². The fourth-order valence-corrected chi connectivity index (χ4v) is 8.99. The molecule has 0 heterocycles. The fourth-order valence-electron chi connectivity index (χ4n) is 0.855. The van der Waals surface area contributed by atoms with E-state index in [0.29, 0.717) is 17.6 Å². The summed E-state index contributed by atoms with van der Waals surface area (Å²) in [5.41, 5.74) is 0. The van der Waals surface area contributed by atoms with Gasteiger partial charge in [-0.15, -0.1) is 0 Å². The molecule has 4 heteroatoms. The van der Waals surface area contributed by atoms with Crippen LogP contribution in [0.2, 0.25) is 6.04 Å². The Morgan fingerprint density at radius 2 is 2.11 bits per heavy atom. The molecule has 0 aromatic heterocycles. The molecule has 0 aliphatic carbocycles. The number of hydrogen-bond acceptors (Lipinski definition) is 1. The van der Waals surface area contributed by atoms with Crippen molar-refractivity contribution in [1.82, 2.24) is 4.90 Å². The summed E-state index contributed by atoms with van der Waals surface area (Å²) in [6.07, 6.45) is 1.48. The highest BCUT2D eigenvalue weighted by molar-refractivity contribution is 7.23. The Bertz CT molecular complexity index is 58.2. The van der Waals surface area contributed by atoms with Crippen molar-refractivity contribution in [3.05, 3.63) is 0 Å². The zero-order valence-corrected chi connectivity index (χ0v) is 11.8. The lowest BCUT2D eigenvalue weighted by atomic mass is 10.5. The van der Waals surface area contributed by atoms with Crippen molar-refractivity contribution in [1.29, 1.82) is 0 Å². The molecule has 0 aromatic carbocycles. The van der Waals surface area contributed by atoms with Gasteiger partial charge in [0, 0.05) is 9.04 Å². The van der Waals surface area contributed by atoms with Crippen molar-refractivity contribution < 1.29 is 0 Å². The van der Waals surface area contributed by atoms with Gasteiger partial charge in [-0.05, 0) is 45.4 Å². The third-order valence-corrected chi connectivity index (χ3v) is 13.2. The Morgan fingerprint density at radius 3 is 2.56 bits per heavy atom. The van der Waals surface area contributed by atoms with Crippen LogP contribution in [0.3, 0.4) is 0 Å². The highest BCUT2D eigenvalue weighted by Crippen LogP contribution is 1.88. The third kappa shape index (κ3) is 8.61. The topological polar surface area (TPSA) is 3.24 Å². The van der Waals surface area contributed by atoms with Crippen LogP contribution >= 0.6 is 0 Å². The van der Waals surface area contributed by atoms with Gasteiger partial charge in [0.05, 0.1) is 0 Å². The van der Waals surface area contributed by atoms with Gasteiger partial charge in [0.2, 0.25) is 0 Å². The standard InChI is InChI=1S/C5H19NSi3/c1-6(2)4-3-5-8-9-7/h3-5,8-9H2,1-2,7H3. The van der Waals surface area contributed by atoms with E-state index in [1.54, 1.807) is 15.8 Å². The lowest BCUT2D eigenvalue weighted by Crippen LogP contribution is -2.14. The minimum absolute atomic E-state index is 0.553. The lowest BCUT2D eigenvalue weighted by molar-refractivity contribution is 0.408. The number of hydrogen-bond donors (Lipinski definition) is 0. The second kappa shape index (κ2) is 6.73. The van der Waals surface area contributed by atoms with Gasteiger partial charge in [-0.3, -0.25) is 0 Å². The SMILES string of the molecule is CN(C)CCC[SiH2][SiH2][SiH3]. The largest absolute Gasteiger partial charge is 0.309 e. The van der Waals surface area contributed by atoms with Gasteiger partial charge < -0.3 is 4.90 Å². The van der Waals surface area contributed by atoms with Gasteiger partial charge in [-0.25, -0.2) is 0 Å². The molecular weight excluding hydrogens is 158 g/mol. The average molecular weight is 177 g/mol. The van der Waals surface area contributed by atoms with Gasteiger partial charge in [-0.2, -0.15) is 0 Å². The third-order valence-electron chi connectivity index (χ3n) is 1.46. The van der Waals surface area contributed by atoms with Gasteiger partial charge in [0.25, 0.3) is 0 Å². The van der Waals surface area contributed by atoms with E-state index in [1.165, 1.54) is 13.0 Å². The summed E-state index contributed by atoms with van der Waals surface area (Å²) >= 11 is 0. The molecule has 0 aromatic rings. The summed E-state index contributed by atoms with van der Waals surface area (Å²) < 4.78 is 0. The molecule has 0 fully saturated rings. The molecule has 0 atom stereocenters. The van der Waals surface area contributed by atoms with Gasteiger partial charge >= 0.3 is 0 Å². The van der Waals surface area contributed by atoms with E-state index in [0.717, 1.165) is 0 Å². The molecule has 56 valence electrons. The minimum atomic E-state index is 0.553. The molecule has 0 N–H and O–H groups in total. The Labute approximate surface area is 65.9 Å². The normalized spacial score (nSPS) is 13.7. The van der Waals surface area contributed by atoms with Crippen molar-refractivity contribution in [2.24, 2.45) is 0 Å². The van der Waals surface area contributed by atoms with Crippen molar-refractivity contribution in [2.45, 2.75) is 12.5 Å². The van der Waals surface area contributed by atoms with Crippen molar-refractivity contribution >= 4 is 27.4 Å². The van der Waals surface area contributed by atoms with Gasteiger partial charge in [0.1, 0.15) is 0 Å². The molecule has 0 amide bonds. The summed E-state index contributed by atoms with van der Waals surface area (Å²) in [5.74, 6) is 0.